The number of hydrogen-bond donors (Lipinski definition) is 1. The molecule has 4 fully saturated rings. The predicted octanol–water partition coefficient (Wildman–Crippen LogP) is 3.85. The van der Waals surface area contributed by atoms with Gasteiger partial charge in [-0.1, -0.05) is 19.4 Å². The van der Waals surface area contributed by atoms with Crippen molar-refractivity contribution < 1.29 is 19.4 Å². The second-order valence-corrected chi connectivity index (χ2v) is 10.8. The van der Waals surface area contributed by atoms with Crippen molar-refractivity contribution >= 4 is 11.6 Å². The van der Waals surface area contributed by atoms with Crippen molar-refractivity contribution in [3.8, 4) is 0 Å². The van der Waals surface area contributed by atoms with Crippen LogP contribution in [0.3, 0.4) is 0 Å². The van der Waals surface area contributed by atoms with Crippen molar-refractivity contribution in [3.05, 3.63) is 11.6 Å². The second-order valence-electron chi connectivity index (χ2n) is 10.8. The van der Waals surface area contributed by atoms with Crippen molar-refractivity contribution in [2.45, 2.75) is 83.8 Å². The SMILES string of the molecule is CC12CC[C@H](C3CCCCO3)CC1=CC(=O)C1C2CCC2(C)C1CC(=O)[C@@H]2O. The molecule has 0 amide bonds. The highest BCUT2D eigenvalue weighted by molar-refractivity contribution is 5.96. The zero-order chi connectivity index (χ0) is 19.7. The van der Waals surface area contributed by atoms with E-state index in [4.69, 9.17) is 4.74 Å². The summed E-state index contributed by atoms with van der Waals surface area (Å²) in [5.41, 5.74) is 1.00. The van der Waals surface area contributed by atoms with E-state index in [1.54, 1.807) is 0 Å². The van der Waals surface area contributed by atoms with Gasteiger partial charge in [0.1, 0.15) is 6.10 Å². The van der Waals surface area contributed by atoms with E-state index in [2.05, 4.69) is 6.92 Å². The third-order valence-electron chi connectivity index (χ3n) is 9.51. The van der Waals surface area contributed by atoms with Crippen LogP contribution in [0.4, 0.5) is 0 Å². The fraction of sp³-hybridized carbons (Fsp3) is 0.833. The first kappa shape index (κ1) is 19.0. The summed E-state index contributed by atoms with van der Waals surface area (Å²) in [4.78, 5) is 25.6. The molecule has 8 atom stereocenters. The van der Waals surface area contributed by atoms with Crippen molar-refractivity contribution in [1.29, 1.82) is 0 Å². The summed E-state index contributed by atoms with van der Waals surface area (Å²) in [5.74, 6) is 0.961. The lowest BCUT2D eigenvalue weighted by Crippen LogP contribution is -2.54. The van der Waals surface area contributed by atoms with Gasteiger partial charge in [0.05, 0.1) is 6.10 Å². The number of ketones is 2. The van der Waals surface area contributed by atoms with Crippen LogP contribution in [-0.2, 0) is 14.3 Å². The Labute approximate surface area is 168 Å². The Bertz CT molecular complexity index is 720. The molecule has 0 spiro atoms. The number of aliphatic hydroxyl groups is 1. The van der Waals surface area contributed by atoms with Gasteiger partial charge in [0.15, 0.2) is 11.6 Å². The highest BCUT2D eigenvalue weighted by Crippen LogP contribution is 2.64. The van der Waals surface area contributed by atoms with Gasteiger partial charge in [0.2, 0.25) is 0 Å². The van der Waals surface area contributed by atoms with Crippen molar-refractivity contribution in [1.82, 2.24) is 0 Å². The summed E-state index contributed by atoms with van der Waals surface area (Å²) >= 11 is 0. The normalized spacial score (nSPS) is 51.2. The number of hydrogen-bond acceptors (Lipinski definition) is 4. The zero-order valence-electron chi connectivity index (χ0n) is 17.3. The van der Waals surface area contributed by atoms with Gasteiger partial charge in [0, 0.05) is 24.4 Å². The summed E-state index contributed by atoms with van der Waals surface area (Å²) in [7, 11) is 0. The number of rotatable bonds is 1. The molecule has 154 valence electrons. The van der Waals surface area contributed by atoms with Crippen LogP contribution in [0.1, 0.15) is 71.6 Å². The van der Waals surface area contributed by atoms with E-state index in [1.807, 2.05) is 13.0 Å². The number of Topliss-reactive ketones (excluding diaryl/α,β-unsaturated/α-hetero) is 1. The maximum absolute atomic E-state index is 13.3. The first-order valence-corrected chi connectivity index (χ1v) is 11.4. The largest absolute Gasteiger partial charge is 0.385 e. The average Bonchev–Trinajstić information content (AvgIpc) is 2.92. The highest BCUT2D eigenvalue weighted by atomic mass is 16.5. The minimum Gasteiger partial charge on any atom is -0.385 e. The van der Waals surface area contributed by atoms with Gasteiger partial charge < -0.3 is 9.84 Å². The van der Waals surface area contributed by atoms with E-state index in [0.29, 0.717) is 24.4 Å². The molecule has 0 bridgehead atoms. The lowest BCUT2D eigenvalue weighted by atomic mass is 9.47. The van der Waals surface area contributed by atoms with Crippen molar-refractivity contribution in [2.75, 3.05) is 6.61 Å². The molecule has 0 radical (unpaired) electrons. The van der Waals surface area contributed by atoms with Crippen LogP contribution in [-0.4, -0.2) is 35.5 Å². The number of carbonyl (C=O) groups is 2. The lowest BCUT2D eigenvalue weighted by molar-refractivity contribution is -0.138. The van der Waals surface area contributed by atoms with E-state index in [9.17, 15) is 14.7 Å². The first-order chi connectivity index (χ1) is 13.3. The molecule has 1 N–H and O–H groups in total. The first-order valence-electron chi connectivity index (χ1n) is 11.4. The van der Waals surface area contributed by atoms with Gasteiger partial charge >= 0.3 is 0 Å². The van der Waals surface area contributed by atoms with Crippen LogP contribution >= 0.6 is 0 Å². The molecule has 5 aliphatic rings. The monoisotopic (exact) mass is 386 g/mol. The fourth-order valence-electron chi connectivity index (χ4n) is 7.66. The minimum atomic E-state index is -0.886. The number of aliphatic hydroxyl groups excluding tert-OH is 1. The smallest absolute Gasteiger partial charge is 0.162 e. The molecule has 5 rings (SSSR count). The number of allylic oxidation sites excluding steroid dienone is 2. The van der Waals surface area contributed by atoms with Gasteiger partial charge in [-0.15, -0.1) is 0 Å². The molecule has 4 heteroatoms. The van der Waals surface area contributed by atoms with E-state index in [0.717, 1.165) is 38.7 Å². The van der Waals surface area contributed by atoms with Crippen LogP contribution in [0.15, 0.2) is 11.6 Å². The van der Waals surface area contributed by atoms with Crippen LogP contribution in [0, 0.1) is 34.5 Å². The Hall–Kier alpha value is -1.00. The van der Waals surface area contributed by atoms with Gasteiger partial charge in [-0.25, -0.2) is 0 Å². The van der Waals surface area contributed by atoms with Gasteiger partial charge in [-0.3, -0.25) is 9.59 Å². The number of carbonyl (C=O) groups excluding carboxylic acids is 2. The van der Waals surface area contributed by atoms with Gasteiger partial charge in [-0.2, -0.15) is 0 Å². The molecule has 4 nitrogen and oxygen atoms in total. The average molecular weight is 387 g/mol. The Morgan fingerprint density at radius 1 is 1.04 bits per heavy atom. The molecular weight excluding hydrogens is 352 g/mol. The molecule has 1 saturated heterocycles. The maximum Gasteiger partial charge on any atom is 0.162 e. The number of ether oxygens (including phenoxy) is 1. The number of fused-ring (bicyclic) bond motifs is 5. The van der Waals surface area contributed by atoms with E-state index in [-0.39, 0.29) is 28.8 Å². The molecule has 1 heterocycles. The van der Waals surface area contributed by atoms with Crippen molar-refractivity contribution in [3.63, 3.8) is 0 Å². The van der Waals surface area contributed by atoms with Gasteiger partial charge in [-0.05, 0) is 80.6 Å². The molecule has 4 aliphatic carbocycles. The Kier molecular flexibility index (Phi) is 4.41. The molecule has 0 aromatic carbocycles. The summed E-state index contributed by atoms with van der Waals surface area (Å²) in [5, 5.41) is 10.5. The van der Waals surface area contributed by atoms with Crippen molar-refractivity contribution in [2.24, 2.45) is 34.5 Å². The Balaban J connectivity index is 1.44. The molecule has 6 unspecified atom stereocenters. The third kappa shape index (κ3) is 2.56. The van der Waals surface area contributed by atoms with Crippen LogP contribution < -0.4 is 0 Å². The quantitative estimate of drug-likeness (QED) is 0.743. The molecule has 0 aromatic heterocycles. The Morgan fingerprint density at radius 3 is 2.61 bits per heavy atom. The highest BCUT2D eigenvalue weighted by Gasteiger charge is 2.63. The molecule has 1 aliphatic heterocycles. The van der Waals surface area contributed by atoms with Gasteiger partial charge in [0.25, 0.3) is 0 Å². The molecule has 28 heavy (non-hydrogen) atoms. The Morgan fingerprint density at radius 2 is 1.86 bits per heavy atom. The summed E-state index contributed by atoms with van der Waals surface area (Å²) < 4.78 is 6.08. The van der Waals surface area contributed by atoms with E-state index < -0.39 is 11.5 Å². The van der Waals surface area contributed by atoms with E-state index >= 15 is 0 Å². The van der Waals surface area contributed by atoms with E-state index in [1.165, 1.54) is 24.8 Å². The minimum absolute atomic E-state index is 0.00952. The fourth-order valence-corrected chi connectivity index (χ4v) is 7.66. The second kappa shape index (κ2) is 6.50. The standard InChI is InChI=1S/C24H34O4/c1-23-8-6-14(20-5-3-4-10-28-20)11-15(23)12-18(25)21-16(23)7-9-24(2)17(21)13-19(26)22(24)27/h12,14,16-17,20-22,27H,3-11,13H2,1-2H3/t14-,16?,17?,20?,21?,22-,23?,24?/m0/s1. The summed E-state index contributed by atoms with van der Waals surface area (Å²) in [6.07, 6.45) is 10.5. The van der Waals surface area contributed by atoms with Crippen LogP contribution in [0.5, 0.6) is 0 Å². The van der Waals surface area contributed by atoms with Crippen LogP contribution in [0.2, 0.25) is 0 Å². The summed E-state index contributed by atoms with van der Waals surface area (Å²) in [6.45, 7) is 5.30. The molecule has 0 aromatic rings. The molecule has 3 saturated carbocycles. The predicted molar refractivity (Wildman–Crippen MR) is 106 cm³/mol. The third-order valence-corrected chi connectivity index (χ3v) is 9.51. The topological polar surface area (TPSA) is 63.6 Å². The maximum atomic E-state index is 13.3. The lowest BCUT2D eigenvalue weighted by Gasteiger charge is -2.57. The molecular formula is C24H34O4. The zero-order valence-corrected chi connectivity index (χ0v) is 17.3. The van der Waals surface area contributed by atoms with Crippen LogP contribution in [0.25, 0.3) is 0 Å². The summed E-state index contributed by atoms with van der Waals surface area (Å²) in [6, 6.07) is 0.